The molecule has 0 saturated carbocycles. The monoisotopic (exact) mass is 417 g/mol. The van der Waals surface area contributed by atoms with Gasteiger partial charge in [-0.15, -0.1) is 0 Å². The van der Waals surface area contributed by atoms with Crippen molar-refractivity contribution in [1.29, 1.82) is 0 Å². The van der Waals surface area contributed by atoms with E-state index in [0.29, 0.717) is 0 Å². The van der Waals surface area contributed by atoms with E-state index in [1.165, 1.54) is 57.8 Å². The summed E-state index contributed by atoms with van der Waals surface area (Å²) in [5.74, 6) is 0. The minimum atomic E-state index is -2.84. The van der Waals surface area contributed by atoms with Crippen LogP contribution in [0.3, 0.4) is 0 Å². The lowest BCUT2D eigenvalue weighted by Crippen LogP contribution is -2.60. The van der Waals surface area contributed by atoms with Crippen LogP contribution >= 0.6 is 0 Å². The fraction of sp³-hybridized carbons (Fsp3) is 1.00. The molecule has 28 heavy (non-hydrogen) atoms. The number of nitrogens with two attached hydrogens (primary N) is 1. The minimum absolute atomic E-state index is 0.101. The van der Waals surface area contributed by atoms with Crippen LogP contribution in [0, 0.1) is 0 Å². The van der Waals surface area contributed by atoms with Crippen LogP contribution in [0.2, 0.25) is 0 Å². The summed E-state index contributed by atoms with van der Waals surface area (Å²) in [6.45, 7) is 11.1. The second kappa shape index (κ2) is 20.3. The maximum Gasteiger partial charge on any atom is 0.518 e. The van der Waals surface area contributed by atoms with E-state index < -0.39 is 8.80 Å². The molecule has 1 atom stereocenters. The summed E-state index contributed by atoms with van der Waals surface area (Å²) in [5, 5.41) is 0. The van der Waals surface area contributed by atoms with Crippen molar-refractivity contribution >= 4 is 8.80 Å². The van der Waals surface area contributed by atoms with E-state index in [2.05, 4.69) is 27.7 Å². The van der Waals surface area contributed by atoms with Crippen LogP contribution in [0.5, 0.6) is 0 Å². The highest BCUT2D eigenvalue weighted by Gasteiger charge is 2.47. The third kappa shape index (κ3) is 14.1. The molecule has 0 saturated heterocycles. The van der Waals surface area contributed by atoms with Crippen LogP contribution in [0.15, 0.2) is 0 Å². The van der Waals surface area contributed by atoms with Gasteiger partial charge in [-0.2, -0.15) is 0 Å². The molecule has 5 heteroatoms. The lowest BCUT2D eigenvalue weighted by molar-refractivity contribution is 0.0458. The maximum absolute atomic E-state index is 6.65. The molecule has 0 rings (SSSR count). The number of hydrogen-bond donors (Lipinski definition) is 1. The Morgan fingerprint density at radius 2 is 0.893 bits per heavy atom. The molecule has 2 N–H and O–H groups in total. The second-order valence-corrected chi connectivity index (χ2v) is 10.9. The number of unbranched alkanes of at least 4 members (excludes halogenated alkanes) is 10. The molecule has 0 aromatic rings. The summed E-state index contributed by atoms with van der Waals surface area (Å²) in [5.41, 5.74) is 6.55. The summed E-state index contributed by atoms with van der Waals surface area (Å²) in [7, 11) is -2.84. The van der Waals surface area contributed by atoms with Gasteiger partial charge in [0.1, 0.15) is 0 Å². The predicted molar refractivity (Wildman–Crippen MR) is 124 cm³/mol. The van der Waals surface area contributed by atoms with Gasteiger partial charge in [-0.25, -0.2) is 0 Å². The van der Waals surface area contributed by atoms with Crippen molar-refractivity contribution < 1.29 is 13.3 Å². The smallest absolute Gasteiger partial charge is 0.373 e. The van der Waals surface area contributed by atoms with Crippen LogP contribution in [0.25, 0.3) is 0 Å². The van der Waals surface area contributed by atoms with Crippen molar-refractivity contribution in [3.63, 3.8) is 0 Å². The van der Waals surface area contributed by atoms with E-state index in [1.54, 1.807) is 0 Å². The zero-order valence-corrected chi connectivity index (χ0v) is 20.6. The van der Waals surface area contributed by atoms with Gasteiger partial charge in [0.15, 0.2) is 0 Å². The Morgan fingerprint density at radius 1 is 0.536 bits per heavy atom. The molecule has 0 spiro atoms. The molecule has 0 fully saturated rings. The number of rotatable bonds is 22. The molecule has 0 aromatic heterocycles. The molecular formula is C23H51NO3Si. The summed E-state index contributed by atoms with van der Waals surface area (Å²) < 4.78 is 19.3. The van der Waals surface area contributed by atoms with Crippen molar-refractivity contribution in [1.82, 2.24) is 0 Å². The van der Waals surface area contributed by atoms with Gasteiger partial charge in [-0.05, 0) is 25.7 Å². The highest BCUT2D eigenvalue weighted by Crippen LogP contribution is 2.21. The van der Waals surface area contributed by atoms with Crippen molar-refractivity contribution in [3.8, 4) is 0 Å². The van der Waals surface area contributed by atoms with Gasteiger partial charge in [0.25, 0.3) is 0 Å². The third-order valence-electron chi connectivity index (χ3n) is 5.23. The molecule has 0 heterocycles. The number of hydrogen-bond acceptors (Lipinski definition) is 4. The van der Waals surface area contributed by atoms with Gasteiger partial charge in [0.05, 0.1) is 5.67 Å². The third-order valence-corrected chi connectivity index (χ3v) is 8.24. The lowest BCUT2D eigenvalue weighted by Gasteiger charge is -2.34. The topological polar surface area (TPSA) is 53.7 Å². The van der Waals surface area contributed by atoms with Crippen molar-refractivity contribution in [2.75, 3.05) is 19.8 Å². The van der Waals surface area contributed by atoms with Crippen LogP contribution in [0.4, 0.5) is 0 Å². The fourth-order valence-corrected chi connectivity index (χ4v) is 6.01. The summed E-state index contributed by atoms with van der Waals surface area (Å²) in [6.07, 6.45) is 17.5. The van der Waals surface area contributed by atoms with Crippen LogP contribution in [-0.4, -0.2) is 34.3 Å². The van der Waals surface area contributed by atoms with E-state index in [0.717, 1.165) is 58.3 Å². The fourth-order valence-electron chi connectivity index (χ4n) is 3.28. The predicted octanol–water partition coefficient (Wildman–Crippen LogP) is 6.77. The minimum Gasteiger partial charge on any atom is -0.373 e. The normalized spacial score (nSPS) is 13.2. The van der Waals surface area contributed by atoms with Gasteiger partial charge < -0.3 is 19.0 Å². The van der Waals surface area contributed by atoms with Gasteiger partial charge in [-0.3, -0.25) is 0 Å². The zero-order valence-electron chi connectivity index (χ0n) is 19.6. The highest BCUT2D eigenvalue weighted by atomic mass is 28.4. The molecule has 4 nitrogen and oxygen atoms in total. The Morgan fingerprint density at radius 3 is 1.21 bits per heavy atom. The average molecular weight is 418 g/mol. The van der Waals surface area contributed by atoms with E-state index in [4.69, 9.17) is 19.0 Å². The molecule has 0 aromatic carbocycles. The van der Waals surface area contributed by atoms with Gasteiger partial charge in [0.2, 0.25) is 0 Å². The zero-order chi connectivity index (χ0) is 20.9. The van der Waals surface area contributed by atoms with Crippen molar-refractivity contribution in [3.05, 3.63) is 0 Å². The first-order valence-electron chi connectivity index (χ1n) is 12.3. The molecule has 0 aliphatic carbocycles. The maximum atomic E-state index is 6.65. The molecule has 1 unspecified atom stereocenters. The van der Waals surface area contributed by atoms with Gasteiger partial charge >= 0.3 is 8.80 Å². The summed E-state index contributed by atoms with van der Waals surface area (Å²) in [6, 6.07) is 0. The van der Waals surface area contributed by atoms with Crippen LogP contribution < -0.4 is 5.73 Å². The molecule has 0 bridgehead atoms. The van der Waals surface area contributed by atoms with Gasteiger partial charge in [-0.1, -0.05) is 98.3 Å². The lowest BCUT2D eigenvalue weighted by atomic mass is 10.2. The molecular weight excluding hydrogens is 366 g/mol. The highest BCUT2D eigenvalue weighted by molar-refractivity contribution is 6.62. The van der Waals surface area contributed by atoms with Crippen molar-refractivity contribution in [2.45, 2.75) is 130 Å². The summed E-state index contributed by atoms with van der Waals surface area (Å²) in [4.78, 5) is 0. The van der Waals surface area contributed by atoms with E-state index in [-0.39, 0.29) is 5.67 Å². The first-order chi connectivity index (χ1) is 13.7. The first kappa shape index (κ1) is 28.1. The molecule has 170 valence electrons. The van der Waals surface area contributed by atoms with E-state index in [1.807, 2.05) is 0 Å². The first-order valence-corrected chi connectivity index (χ1v) is 14.1. The van der Waals surface area contributed by atoms with Gasteiger partial charge in [0, 0.05) is 19.8 Å². The summed E-state index contributed by atoms with van der Waals surface area (Å²) >= 11 is 0. The SMILES string of the molecule is CCCCCCO[Si](OCCCCCC)(OCCCCCC)C(N)CCCC. The largest absolute Gasteiger partial charge is 0.518 e. The Kier molecular flexibility index (Phi) is 20.4. The Bertz CT molecular complexity index is 282. The standard InChI is InChI=1S/C23H51NO3Si/c1-5-9-13-16-20-25-28(23(24)19-12-8-4,26-21-17-14-10-6-2)27-22-18-15-11-7-3/h23H,5-22,24H2,1-4H3. The molecule has 0 radical (unpaired) electrons. The quantitative estimate of drug-likeness (QED) is 0.156. The van der Waals surface area contributed by atoms with E-state index >= 15 is 0 Å². The molecule has 0 aliphatic heterocycles. The Hall–Kier alpha value is 0.0569. The Labute approximate surface area is 177 Å². The average Bonchev–Trinajstić information content (AvgIpc) is 2.70. The van der Waals surface area contributed by atoms with Crippen LogP contribution in [0.1, 0.15) is 124 Å². The molecule has 0 amide bonds. The van der Waals surface area contributed by atoms with E-state index in [9.17, 15) is 0 Å². The van der Waals surface area contributed by atoms with Crippen LogP contribution in [-0.2, 0) is 13.3 Å². The second-order valence-electron chi connectivity index (χ2n) is 8.08. The molecule has 0 aliphatic rings. The Balaban J connectivity index is 4.86. The van der Waals surface area contributed by atoms with Crippen molar-refractivity contribution in [2.24, 2.45) is 5.73 Å².